The first-order valence-electron chi connectivity index (χ1n) is 10.3. The Bertz CT molecular complexity index is 1200. The molecule has 0 bridgehead atoms. The molecule has 1 aliphatic rings. The fourth-order valence-corrected chi connectivity index (χ4v) is 4.22. The molecule has 3 aromatic rings. The number of aromatic nitrogens is 1. The summed E-state index contributed by atoms with van der Waals surface area (Å²) in [5.41, 5.74) is 3.33. The van der Waals surface area contributed by atoms with E-state index in [-0.39, 0.29) is 28.6 Å². The van der Waals surface area contributed by atoms with Gasteiger partial charge in [-0.3, -0.25) is 4.79 Å². The molecule has 0 aliphatic carbocycles. The minimum atomic E-state index is -1.18. The summed E-state index contributed by atoms with van der Waals surface area (Å²) in [6.45, 7) is 5.69. The largest absolute Gasteiger partial charge is 0.484 e. The maximum absolute atomic E-state index is 13.3. The van der Waals surface area contributed by atoms with E-state index >= 15 is 0 Å². The molecule has 2 heterocycles. The van der Waals surface area contributed by atoms with Crippen molar-refractivity contribution in [2.45, 2.75) is 32.9 Å². The van der Waals surface area contributed by atoms with Crippen LogP contribution in [-0.4, -0.2) is 21.8 Å². The van der Waals surface area contributed by atoms with Crippen molar-refractivity contribution in [2.75, 3.05) is 5.32 Å². The van der Waals surface area contributed by atoms with Crippen LogP contribution in [0.4, 0.5) is 5.69 Å². The number of Topliss-reactive ketones (excluding diaryl/α,β-unsaturated/α-hetero) is 1. The predicted molar refractivity (Wildman–Crippen MR) is 123 cm³/mol. The molecule has 4 rings (SSSR count). The standard InChI is InChI=1S/C25H23ClN2O4/c1-13-11-17(15(3)27-19-9-10-20(26)28-21(19)25(30)31)24-18(12-13)22(29)14(2)23(32-24)16-7-5-4-6-8-16/h4-12,14-15,23,27H,1-3H3,(H,30,31)/t14?,15-,23?/m1/s1. The number of carbonyl (C=O) groups excluding carboxylic acids is 1. The molecule has 1 aliphatic heterocycles. The van der Waals surface area contributed by atoms with Gasteiger partial charge in [0.05, 0.1) is 23.2 Å². The van der Waals surface area contributed by atoms with Crippen molar-refractivity contribution in [3.8, 4) is 5.75 Å². The number of hydrogen-bond acceptors (Lipinski definition) is 5. The Morgan fingerprint density at radius 3 is 2.59 bits per heavy atom. The number of fused-ring (bicyclic) bond motifs is 1. The quantitative estimate of drug-likeness (QED) is 0.473. The molecular formula is C25H23ClN2O4. The Morgan fingerprint density at radius 2 is 1.91 bits per heavy atom. The molecule has 3 atom stereocenters. The van der Waals surface area contributed by atoms with Crippen LogP contribution in [0, 0.1) is 12.8 Å². The summed E-state index contributed by atoms with van der Waals surface area (Å²) in [4.78, 5) is 28.8. The average molecular weight is 451 g/mol. The Hall–Kier alpha value is -3.38. The Morgan fingerprint density at radius 1 is 1.19 bits per heavy atom. The molecule has 2 unspecified atom stereocenters. The molecular weight excluding hydrogens is 428 g/mol. The third-order valence-corrected chi connectivity index (χ3v) is 5.88. The van der Waals surface area contributed by atoms with Gasteiger partial charge in [0, 0.05) is 5.56 Å². The molecule has 2 aromatic carbocycles. The summed E-state index contributed by atoms with van der Waals surface area (Å²) < 4.78 is 6.43. The highest BCUT2D eigenvalue weighted by Gasteiger charge is 2.37. The van der Waals surface area contributed by atoms with Gasteiger partial charge < -0.3 is 15.2 Å². The van der Waals surface area contributed by atoms with E-state index < -0.39 is 12.1 Å². The van der Waals surface area contributed by atoms with Crippen molar-refractivity contribution >= 4 is 29.0 Å². The number of carboxylic acid groups (broad SMARTS) is 1. The number of rotatable bonds is 5. The van der Waals surface area contributed by atoms with Crippen molar-refractivity contribution in [3.63, 3.8) is 0 Å². The van der Waals surface area contributed by atoms with E-state index in [1.54, 1.807) is 6.07 Å². The summed E-state index contributed by atoms with van der Waals surface area (Å²) in [6, 6.07) is 16.2. The second-order valence-electron chi connectivity index (χ2n) is 8.03. The number of aromatic carboxylic acids is 1. The smallest absolute Gasteiger partial charge is 0.356 e. The number of hydrogen-bond donors (Lipinski definition) is 2. The second kappa shape index (κ2) is 8.63. The fraction of sp³-hybridized carbons (Fsp3) is 0.240. The lowest BCUT2D eigenvalue weighted by Crippen LogP contribution is -2.31. The van der Waals surface area contributed by atoms with Gasteiger partial charge in [-0.15, -0.1) is 0 Å². The highest BCUT2D eigenvalue weighted by atomic mass is 35.5. The minimum absolute atomic E-state index is 0.0247. The number of nitrogens with zero attached hydrogens (tertiary/aromatic N) is 1. The van der Waals surface area contributed by atoms with Crippen LogP contribution in [0.2, 0.25) is 5.15 Å². The van der Waals surface area contributed by atoms with Crippen LogP contribution in [0.15, 0.2) is 54.6 Å². The first-order chi connectivity index (χ1) is 15.3. The number of benzene rings is 2. The minimum Gasteiger partial charge on any atom is -0.484 e. The molecule has 1 aromatic heterocycles. The number of nitrogens with one attached hydrogen (secondary N) is 1. The summed E-state index contributed by atoms with van der Waals surface area (Å²) in [5, 5.41) is 12.8. The van der Waals surface area contributed by atoms with Gasteiger partial charge in [0.1, 0.15) is 17.0 Å². The van der Waals surface area contributed by atoms with Crippen molar-refractivity contribution in [1.82, 2.24) is 4.98 Å². The van der Waals surface area contributed by atoms with Gasteiger partial charge in [0.15, 0.2) is 11.5 Å². The Balaban J connectivity index is 1.75. The van der Waals surface area contributed by atoms with Gasteiger partial charge in [-0.2, -0.15) is 0 Å². The van der Waals surface area contributed by atoms with E-state index in [0.717, 1.165) is 16.7 Å². The maximum atomic E-state index is 13.3. The monoisotopic (exact) mass is 450 g/mol. The van der Waals surface area contributed by atoms with Crippen molar-refractivity contribution in [2.24, 2.45) is 5.92 Å². The fourth-order valence-electron chi connectivity index (χ4n) is 4.07. The molecule has 0 fully saturated rings. The first kappa shape index (κ1) is 21.8. The lowest BCUT2D eigenvalue weighted by molar-refractivity contribution is 0.0680. The van der Waals surface area contributed by atoms with Crippen LogP contribution >= 0.6 is 11.6 Å². The third kappa shape index (κ3) is 4.06. The molecule has 0 amide bonds. The lowest BCUT2D eigenvalue weighted by Gasteiger charge is -2.33. The number of anilines is 1. The van der Waals surface area contributed by atoms with Crippen LogP contribution in [0.5, 0.6) is 5.75 Å². The van der Waals surface area contributed by atoms with Crippen molar-refractivity contribution in [1.29, 1.82) is 0 Å². The molecule has 0 saturated heterocycles. The van der Waals surface area contributed by atoms with Crippen molar-refractivity contribution in [3.05, 3.63) is 87.7 Å². The summed E-state index contributed by atoms with van der Waals surface area (Å²) in [5.74, 6) is -0.970. The molecule has 0 radical (unpaired) electrons. The molecule has 6 nitrogen and oxygen atoms in total. The van der Waals surface area contributed by atoms with Gasteiger partial charge in [-0.05, 0) is 43.2 Å². The van der Waals surface area contributed by atoms with Crippen LogP contribution in [0.3, 0.4) is 0 Å². The second-order valence-corrected chi connectivity index (χ2v) is 8.42. The van der Waals surface area contributed by atoms with E-state index in [2.05, 4.69) is 10.3 Å². The van der Waals surface area contributed by atoms with Crippen LogP contribution in [0.25, 0.3) is 0 Å². The lowest BCUT2D eigenvalue weighted by atomic mass is 9.84. The molecule has 164 valence electrons. The molecule has 0 saturated carbocycles. The number of aryl methyl sites for hydroxylation is 1. The van der Waals surface area contributed by atoms with Crippen LogP contribution in [0.1, 0.15) is 63.5 Å². The van der Waals surface area contributed by atoms with E-state index in [9.17, 15) is 14.7 Å². The van der Waals surface area contributed by atoms with Gasteiger partial charge in [-0.1, -0.05) is 54.9 Å². The summed E-state index contributed by atoms with van der Waals surface area (Å²) >= 11 is 5.87. The van der Waals surface area contributed by atoms with Crippen molar-refractivity contribution < 1.29 is 19.4 Å². The number of halogens is 1. The number of carbonyl (C=O) groups is 2. The normalized spacial score (nSPS) is 18.4. The number of pyridine rings is 1. The van der Waals surface area contributed by atoms with Crippen LogP contribution < -0.4 is 10.1 Å². The first-order valence-corrected chi connectivity index (χ1v) is 10.7. The maximum Gasteiger partial charge on any atom is 0.356 e. The van der Waals surface area contributed by atoms with E-state index in [0.29, 0.717) is 17.0 Å². The zero-order chi connectivity index (χ0) is 23.0. The summed E-state index contributed by atoms with van der Waals surface area (Å²) in [6.07, 6.45) is -0.406. The van der Waals surface area contributed by atoms with E-state index in [1.165, 1.54) is 6.07 Å². The molecule has 7 heteroatoms. The van der Waals surface area contributed by atoms with Gasteiger partial charge in [-0.25, -0.2) is 9.78 Å². The molecule has 2 N–H and O–H groups in total. The summed E-state index contributed by atoms with van der Waals surface area (Å²) in [7, 11) is 0. The number of ether oxygens (including phenoxy) is 1. The SMILES string of the molecule is Cc1cc2c(c([C@@H](C)Nc3ccc(Cl)nc3C(=O)O)c1)OC(c1ccccc1)C(C)C2=O. The van der Waals surface area contributed by atoms with E-state index in [4.69, 9.17) is 16.3 Å². The molecule has 32 heavy (non-hydrogen) atoms. The van der Waals surface area contributed by atoms with E-state index in [1.807, 2.05) is 63.2 Å². The predicted octanol–water partition coefficient (Wildman–Crippen LogP) is 5.87. The Kier molecular flexibility index (Phi) is 5.89. The van der Waals surface area contributed by atoms with Gasteiger partial charge in [0.25, 0.3) is 0 Å². The van der Waals surface area contributed by atoms with Gasteiger partial charge >= 0.3 is 5.97 Å². The zero-order valence-electron chi connectivity index (χ0n) is 17.9. The topological polar surface area (TPSA) is 88.5 Å². The van der Waals surface area contributed by atoms with Crippen LogP contribution in [-0.2, 0) is 0 Å². The van der Waals surface area contributed by atoms with Gasteiger partial charge in [0.2, 0.25) is 0 Å². The number of ketones is 1. The zero-order valence-corrected chi connectivity index (χ0v) is 18.7. The molecule has 0 spiro atoms. The Labute approximate surface area is 191 Å². The highest BCUT2D eigenvalue weighted by molar-refractivity contribution is 6.29. The highest BCUT2D eigenvalue weighted by Crippen LogP contribution is 2.43. The third-order valence-electron chi connectivity index (χ3n) is 5.67. The number of carboxylic acids is 1. The average Bonchev–Trinajstić information content (AvgIpc) is 2.77.